The Morgan fingerprint density at radius 1 is 1.44 bits per heavy atom. The first kappa shape index (κ1) is 14.2. The van der Waals surface area contributed by atoms with Crippen LogP contribution in [0.3, 0.4) is 0 Å². The average molecular weight is 230 g/mol. The van der Waals surface area contributed by atoms with Gasteiger partial charge in [-0.25, -0.2) is 9.59 Å². The first-order valence-corrected chi connectivity index (χ1v) is 4.72. The van der Waals surface area contributed by atoms with Crippen LogP contribution in [-0.4, -0.2) is 35.7 Å². The quantitative estimate of drug-likeness (QED) is 0.506. The maximum Gasteiger partial charge on any atom is 0.348 e. The molecule has 0 rings (SSSR count). The van der Waals surface area contributed by atoms with Crippen LogP contribution in [-0.2, 0) is 23.9 Å². The maximum atomic E-state index is 11.3. The van der Waals surface area contributed by atoms with Crippen LogP contribution in [0.1, 0.15) is 19.8 Å². The minimum absolute atomic E-state index is 0.153. The molecule has 0 aromatic carbocycles. The first-order chi connectivity index (χ1) is 7.51. The second-order valence-corrected chi connectivity index (χ2v) is 2.90. The lowest BCUT2D eigenvalue weighted by atomic mass is 10.2. The zero-order valence-electron chi connectivity index (χ0n) is 8.97. The molecule has 0 aliphatic carbocycles. The summed E-state index contributed by atoms with van der Waals surface area (Å²) >= 11 is 0. The summed E-state index contributed by atoms with van der Waals surface area (Å²) in [6, 6.07) is 0. The Hall–Kier alpha value is -1.85. The summed E-state index contributed by atoms with van der Waals surface area (Å²) in [6.45, 7) is 5.08. The summed E-state index contributed by atoms with van der Waals surface area (Å²) < 4.78 is 9.24. The normalized spacial score (nSPS) is 11.3. The van der Waals surface area contributed by atoms with Gasteiger partial charge < -0.3 is 14.6 Å². The summed E-state index contributed by atoms with van der Waals surface area (Å²) in [7, 11) is 0. The summed E-state index contributed by atoms with van der Waals surface area (Å²) in [5.74, 6) is -2.98. The van der Waals surface area contributed by atoms with Crippen LogP contribution in [0.4, 0.5) is 0 Å². The van der Waals surface area contributed by atoms with Gasteiger partial charge in [-0.1, -0.05) is 13.5 Å². The molecule has 0 aromatic rings. The van der Waals surface area contributed by atoms with Crippen molar-refractivity contribution in [2.75, 3.05) is 6.61 Å². The predicted octanol–water partition coefficient (Wildman–Crippen LogP) is 0.512. The lowest BCUT2D eigenvalue weighted by Gasteiger charge is -2.13. The topological polar surface area (TPSA) is 89.9 Å². The van der Waals surface area contributed by atoms with Gasteiger partial charge in [0.05, 0.1) is 13.0 Å². The van der Waals surface area contributed by atoms with Crippen LogP contribution < -0.4 is 0 Å². The second kappa shape index (κ2) is 7.44. The molecule has 0 radical (unpaired) electrons. The third kappa shape index (κ3) is 5.79. The van der Waals surface area contributed by atoms with Crippen LogP contribution in [0.2, 0.25) is 0 Å². The van der Waals surface area contributed by atoms with Crippen LogP contribution in [0.25, 0.3) is 0 Å². The van der Waals surface area contributed by atoms with Crippen LogP contribution in [0.15, 0.2) is 12.7 Å². The molecule has 1 N–H and O–H groups in total. The van der Waals surface area contributed by atoms with Gasteiger partial charge in [-0.05, 0) is 6.42 Å². The maximum absolute atomic E-state index is 11.3. The van der Waals surface area contributed by atoms with E-state index in [2.05, 4.69) is 16.1 Å². The van der Waals surface area contributed by atoms with Crippen LogP contribution in [0, 0.1) is 0 Å². The fourth-order valence-electron chi connectivity index (χ4n) is 0.816. The molecule has 6 heteroatoms. The molecule has 1 atom stereocenters. The average Bonchev–Trinajstić information content (AvgIpc) is 2.24. The number of carbonyl (C=O) groups excluding carboxylic acids is 2. The molecule has 0 aliphatic heterocycles. The Kier molecular flexibility index (Phi) is 6.58. The molecule has 0 aromatic heterocycles. The van der Waals surface area contributed by atoms with Crippen LogP contribution in [0.5, 0.6) is 0 Å². The number of ether oxygens (including phenoxy) is 2. The molecule has 0 saturated heterocycles. The Labute approximate surface area is 92.8 Å². The number of hydrogen-bond acceptors (Lipinski definition) is 5. The number of esters is 2. The molecule has 0 spiro atoms. The van der Waals surface area contributed by atoms with Crippen molar-refractivity contribution in [1.82, 2.24) is 0 Å². The largest absolute Gasteiger partial charge is 0.481 e. The van der Waals surface area contributed by atoms with Crippen molar-refractivity contribution in [2.24, 2.45) is 0 Å². The van der Waals surface area contributed by atoms with E-state index in [1.54, 1.807) is 6.92 Å². The summed E-state index contributed by atoms with van der Waals surface area (Å²) in [5.41, 5.74) is 0. The standard InChI is InChI=1S/C10H14O6/c1-3-5-15-10(14)7(6-8(11)12)16-9(13)4-2/h4,7H,2-3,5-6H2,1H3,(H,11,12). The monoisotopic (exact) mass is 230 g/mol. The van der Waals surface area contributed by atoms with Crippen molar-refractivity contribution < 1.29 is 29.0 Å². The molecule has 0 heterocycles. The smallest absolute Gasteiger partial charge is 0.348 e. The summed E-state index contributed by atoms with van der Waals surface area (Å²) in [6.07, 6.45) is -0.597. The van der Waals surface area contributed by atoms with Crippen molar-refractivity contribution >= 4 is 17.9 Å². The van der Waals surface area contributed by atoms with Gasteiger partial charge in [0.2, 0.25) is 6.10 Å². The second-order valence-electron chi connectivity index (χ2n) is 2.90. The summed E-state index contributed by atoms with van der Waals surface area (Å²) in [4.78, 5) is 32.6. The molecule has 0 fully saturated rings. The zero-order valence-corrected chi connectivity index (χ0v) is 8.97. The van der Waals surface area contributed by atoms with Gasteiger partial charge in [0.1, 0.15) is 0 Å². The minimum atomic E-state index is -1.42. The van der Waals surface area contributed by atoms with Crippen molar-refractivity contribution in [2.45, 2.75) is 25.9 Å². The highest BCUT2D eigenvalue weighted by molar-refractivity contribution is 5.87. The van der Waals surface area contributed by atoms with Gasteiger partial charge in [-0.2, -0.15) is 0 Å². The molecule has 16 heavy (non-hydrogen) atoms. The third-order valence-electron chi connectivity index (χ3n) is 1.50. The van der Waals surface area contributed by atoms with E-state index in [1.165, 1.54) is 0 Å². The number of carbonyl (C=O) groups is 3. The van der Waals surface area contributed by atoms with Crippen LogP contribution >= 0.6 is 0 Å². The van der Waals surface area contributed by atoms with E-state index in [0.29, 0.717) is 6.42 Å². The lowest BCUT2D eigenvalue weighted by Crippen LogP contribution is -2.31. The van der Waals surface area contributed by atoms with Crippen molar-refractivity contribution in [1.29, 1.82) is 0 Å². The summed E-state index contributed by atoms with van der Waals surface area (Å²) in [5, 5.41) is 8.52. The highest BCUT2D eigenvalue weighted by atomic mass is 16.6. The van der Waals surface area contributed by atoms with E-state index >= 15 is 0 Å². The first-order valence-electron chi connectivity index (χ1n) is 4.72. The third-order valence-corrected chi connectivity index (χ3v) is 1.50. The van der Waals surface area contributed by atoms with E-state index in [0.717, 1.165) is 6.08 Å². The molecule has 0 bridgehead atoms. The number of rotatable bonds is 7. The SMILES string of the molecule is C=CC(=O)OC(CC(=O)O)C(=O)OCCC. The minimum Gasteiger partial charge on any atom is -0.481 e. The fraction of sp³-hybridized carbons (Fsp3) is 0.500. The zero-order chi connectivity index (χ0) is 12.6. The van der Waals surface area contributed by atoms with Gasteiger partial charge in [0, 0.05) is 6.08 Å². The van der Waals surface area contributed by atoms with Gasteiger partial charge in [-0.15, -0.1) is 0 Å². The van der Waals surface area contributed by atoms with Crippen molar-refractivity contribution in [3.8, 4) is 0 Å². The number of carboxylic acids is 1. The highest BCUT2D eigenvalue weighted by Crippen LogP contribution is 2.03. The number of hydrogen-bond donors (Lipinski definition) is 1. The van der Waals surface area contributed by atoms with Gasteiger partial charge in [0.15, 0.2) is 0 Å². The van der Waals surface area contributed by atoms with E-state index in [4.69, 9.17) is 5.11 Å². The molecule has 0 amide bonds. The Bertz CT molecular complexity index is 283. The molecule has 0 aliphatic rings. The molecular formula is C10H14O6. The number of aliphatic carboxylic acids is 1. The lowest BCUT2D eigenvalue weighted by molar-refractivity contribution is -0.168. The van der Waals surface area contributed by atoms with E-state index in [9.17, 15) is 14.4 Å². The van der Waals surface area contributed by atoms with Gasteiger partial charge in [0.25, 0.3) is 0 Å². The van der Waals surface area contributed by atoms with E-state index in [-0.39, 0.29) is 6.61 Å². The van der Waals surface area contributed by atoms with E-state index < -0.39 is 30.4 Å². The Morgan fingerprint density at radius 3 is 2.50 bits per heavy atom. The van der Waals surface area contributed by atoms with E-state index in [1.807, 2.05) is 0 Å². The molecular weight excluding hydrogens is 216 g/mol. The Balaban J connectivity index is 4.39. The van der Waals surface area contributed by atoms with Gasteiger partial charge in [-0.3, -0.25) is 4.79 Å². The molecule has 0 saturated carbocycles. The number of carboxylic acid groups (broad SMARTS) is 1. The Morgan fingerprint density at radius 2 is 2.06 bits per heavy atom. The fourth-order valence-corrected chi connectivity index (χ4v) is 0.816. The molecule has 1 unspecified atom stereocenters. The predicted molar refractivity (Wildman–Crippen MR) is 53.6 cm³/mol. The molecule has 90 valence electrons. The highest BCUT2D eigenvalue weighted by Gasteiger charge is 2.26. The van der Waals surface area contributed by atoms with Gasteiger partial charge >= 0.3 is 17.9 Å². The van der Waals surface area contributed by atoms with Crippen molar-refractivity contribution in [3.63, 3.8) is 0 Å². The molecule has 6 nitrogen and oxygen atoms in total. The van der Waals surface area contributed by atoms with Crippen molar-refractivity contribution in [3.05, 3.63) is 12.7 Å².